The van der Waals surface area contributed by atoms with Crippen LogP contribution < -0.4 is 11.1 Å². The number of anilines is 1. The average molecular weight is 138 g/mol. The van der Waals surface area contributed by atoms with E-state index in [2.05, 4.69) is 15.3 Å². The largest absolute Gasteiger partial charge is 0.351 e. The summed E-state index contributed by atoms with van der Waals surface area (Å²) in [5.74, 6) is 0.356. The number of nitrogens with zero attached hydrogens (tertiary/aromatic N) is 2. The van der Waals surface area contributed by atoms with Crippen molar-refractivity contribution >= 4 is 11.8 Å². The van der Waals surface area contributed by atoms with Crippen LogP contribution in [0.2, 0.25) is 0 Å². The zero-order valence-electron chi connectivity index (χ0n) is 5.11. The third kappa shape index (κ3) is 1.70. The number of carbonyl (C=O) groups excluding carboxylic acids is 1. The molecule has 0 aliphatic carbocycles. The van der Waals surface area contributed by atoms with Crippen LogP contribution in [0.15, 0.2) is 18.6 Å². The molecular weight excluding hydrogens is 132 g/mol. The number of primary amides is 1. The van der Waals surface area contributed by atoms with Gasteiger partial charge in [-0.05, 0) is 0 Å². The van der Waals surface area contributed by atoms with Crippen molar-refractivity contribution in [1.29, 1.82) is 0 Å². The van der Waals surface area contributed by atoms with Crippen LogP contribution in [0.3, 0.4) is 0 Å². The second-order valence-electron chi connectivity index (χ2n) is 1.58. The Morgan fingerprint density at radius 2 is 2.40 bits per heavy atom. The van der Waals surface area contributed by atoms with Crippen molar-refractivity contribution in [3.63, 3.8) is 0 Å². The predicted molar refractivity (Wildman–Crippen MR) is 35.2 cm³/mol. The van der Waals surface area contributed by atoms with Crippen molar-refractivity contribution in [3.8, 4) is 0 Å². The zero-order chi connectivity index (χ0) is 7.40. The monoisotopic (exact) mass is 138 g/mol. The summed E-state index contributed by atoms with van der Waals surface area (Å²) in [7, 11) is 0. The molecule has 0 bridgehead atoms. The van der Waals surface area contributed by atoms with Gasteiger partial charge >= 0.3 is 6.03 Å². The molecule has 1 rings (SSSR count). The first kappa shape index (κ1) is 6.47. The second kappa shape index (κ2) is 2.77. The molecule has 5 heteroatoms. The Hall–Kier alpha value is -1.65. The summed E-state index contributed by atoms with van der Waals surface area (Å²) in [5, 5.41) is 2.27. The molecule has 0 aliphatic heterocycles. The minimum Gasteiger partial charge on any atom is -0.351 e. The van der Waals surface area contributed by atoms with E-state index in [1.165, 1.54) is 18.6 Å². The van der Waals surface area contributed by atoms with Gasteiger partial charge in [-0.1, -0.05) is 0 Å². The second-order valence-corrected chi connectivity index (χ2v) is 1.58. The number of aromatic nitrogens is 2. The molecule has 0 unspecified atom stereocenters. The van der Waals surface area contributed by atoms with Crippen LogP contribution in [0.1, 0.15) is 0 Å². The molecule has 1 aromatic rings. The van der Waals surface area contributed by atoms with Crippen LogP contribution in [-0.4, -0.2) is 16.0 Å². The number of hydrogen-bond donors (Lipinski definition) is 2. The fourth-order valence-electron chi connectivity index (χ4n) is 0.490. The van der Waals surface area contributed by atoms with E-state index in [0.29, 0.717) is 5.82 Å². The number of nitrogens with two attached hydrogens (primary N) is 1. The highest BCUT2D eigenvalue weighted by atomic mass is 16.2. The van der Waals surface area contributed by atoms with Gasteiger partial charge in [0.05, 0.1) is 6.20 Å². The number of rotatable bonds is 1. The van der Waals surface area contributed by atoms with E-state index in [0.717, 1.165) is 0 Å². The lowest BCUT2D eigenvalue weighted by molar-refractivity contribution is 0.259. The number of amides is 2. The van der Waals surface area contributed by atoms with E-state index in [-0.39, 0.29) is 0 Å². The van der Waals surface area contributed by atoms with Crippen molar-refractivity contribution in [1.82, 2.24) is 9.97 Å². The van der Waals surface area contributed by atoms with Gasteiger partial charge in [-0.15, -0.1) is 0 Å². The van der Waals surface area contributed by atoms with E-state index < -0.39 is 6.03 Å². The van der Waals surface area contributed by atoms with Crippen molar-refractivity contribution in [2.45, 2.75) is 0 Å². The number of urea groups is 1. The lowest BCUT2D eigenvalue weighted by Gasteiger charge is -1.95. The van der Waals surface area contributed by atoms with Gasteiger partial charge in [0.1, 0.15) is 0 Å². The van der Waals surface area contributed by atoms with Crippen LogP contribution in [0.5, 0.6) is 0 Å². The van der Waals surface area contributed by atoms with Crippen molar-refractivity contribution < 1.29 is 4.79 Å². The van der Waals surface area contributed by atoms with Gasteiger partial charge in [0.25, 0.3) is 0 Å². The summed E-state index contributed by atoms with van der Waals surface area (Å²) in [5.41, 5.74) is 4.81. The Bertz CT molecular complexity index is 222. The Morgan fingerprint density at radius 1 is 1.60 bits per heavy atom. The Labute approximate surface area is 57.3 Å². The fourth-order valence-corrected chi connectivity index (χ4v) is 0.490. The molecule has 52 valence electrons. The maximum Gasteiger partial charge on any atom is 0.317 e. The molecular formula is C5H6N4O. The summed E-state index contributed by atoms with van der Waals surface area (Å²) in [6, 6.07) is -0.638. The molecule has 0 aliphatic rings. The number of carbonyl (C=O) groups is 1. The van der Waals surface area contributed by atoms with Crippen LogP contribution in [0.25, 0.3) is 0 Å². The predicted octanol–water partition coefficient (Wildman–Crippen LogP) is -0.0328. The molecule has 0 saturated heterocycles. The van der Waals surface area contributed by atoms with E-state index in [4.69, 9.17) is 5.73 Å². The van der Waals surface area contributed by atoms with Crippen LogP contribution in [0, 0.1) is 0 Å². The van der Waals surface area contributed by atoms with E-state index in [1.807, 2.05) is 0 Å². The molecule has 2 amide bonds. The Kier molecular flexibility index (Phi) is 1.79. The smallest absolute Gasteiger partial charge is 0.317 e. The van der Waals surface area contributed by atoms with E-state index in [9.17, 15) is 4.79 Å². The lowest BCUT2D eigenvalue weighted by atomic mass is 10.6. The van der Waals surface area contributed by atoms with Crippen LogP contribution >= 0.6 is 0 Å². The molecule has 1 heterocycles. The highest BCUT2D eigenvalue weighted by molar-refractivity contribution is 5.86. The highest BCUT2D eigenvalue weighted by Gasteiger charge is 1.93. The first-order valence-electron chi connectivity index (χ1n) is 2.61. The van der Waals surface area contributed by atoms with Gasteiger partial charge in [-0.3, -0.25) is 10.3 Å². The van der Waals surface area contributed by atoms with E-state index >= 15 is 0 Å². The van der Waals surface area contributed by atoms with Crippen molar-refractivity contribution in [2.24, 2.45) is 5.73 Å². The van der Waals surface area contributed by atoms with Gasteiger partial charge in [0.15, 0.2) is 5.82 Å². The van der Waals surface area contributed by atoms with Crippen molar-refractivity contribution in [3.05, 3.63) is 18.6 Å². The number of nitrogens with one attached hydrogen (secondary N) is 1. The topological polar surface area (TPSA) is 80.9 Å². The van der Waals surface area contributed by atoms with Gasteiger partial charge in [-0.2, -0.15) is 0 Å². The summed E-state index contributed by atoms with van der Waals surface area (Å²) in [6.45, 7) is 0. The van der Waals surface area contributed by atoms with Gasteiger partial charge in [0, 0.05) is 12.4 Å². The molecule has 0 fully saturated rings. The third-order valence-corrected chi connectivity index (χ3v) is 0.814. The van der Waals surface area contributed by atoms with Gasteiger partial charge in [0.2, 0.25) is 0 Å². The normalized spacial score (nSPS) is 8.80. The Balaban J connectivity index is 2.67. The summed E-state index contributed by atoms with van der Waals surface area (Å²) < 4.78 is 0. The molecule has 5 nitrogen and oxygen atoms in total. The molecule has 10 heavy (non-hydrogen) atoms. The molecule has 0 spiro atoms. The summed E-state index contributed by atoms with van der Waals surface area (Å²) >= 11 is 0. The molecule has 0 aromatic carbocycles. The van der Waals surface area contributed by atoms with Crippen LogP contribution in [0.4, 0.5) is 10.6 Å². The van der Waals surface area contributed by atoms with Crippen molar-refractivity contribution in [2.75, 3.05) is 5.32 Å². The molecule has 0 radical (unpaired) electrons. The molecule has 1 aromatic heterocycles. The SMILES string of the molecule is NC(=O)Nc1cnccn1. The minimum atomic E-state index is -0.638. The van der Waals surface area contributed by atoms with E-state index in [1.54, 1.807) is 0 Å². The summed E-state index contributed by atoms with van der Waals surface area (Å²) in [4.78, 5) is 17.7. The maximum atomic E-state index is 10.2. The number of hydrogen-bond acceptors (Lipinski definition) is 3. The molecule has 0 atom stereocenters. The average Bonchev–Trinajstić information content (AvgIpc) is 1.88. The van der Waals surface area contributed by atoms with Crippen LogP contribution in [-0.2, 0) is 0 Å². The first-order valence-corrected chi connectivity index (χ1v) is 2.61. The van der Waals surface area contributed by atoms with Gasteiger partial charge in [-0.25, -0.2) is 9.78 Å². The first-order chi connectivity index (χ1) is 4.79. The standard InChI is InChI=1S/C5H6N4O/c6-5(10)9-4-3-7-1-2-8-4/h1-3H,(H3,6,8,9,10). The Morgan fingerprint density at radius 3 is 2.90 bits per heavy atom. The molecule has 0 saturated carbocycles. The highest BCUT2D eigenvalue weighted by Crippen LogP contribution is 1.94. The van der Waals surface area contributed by atoms with Gasteiger partial charge < -0.3 is 5.73 Å². The third-order valence-electron chi connectivity index (χ3n) is 0.814. The lowest BCUT2D eigenvalue weighted by Crippen LogP contribution is -2.19. The summed E-state index contributed by atoms with van der Waals surface area (Å²) in [6.07, 6.45) is 4.38. The minimum absolute atomic E-state index is 0.356. The quantitative estimate of drug-likeness (QED) is 0.571. The fraction of sp³-hybridized carbons (Fsp3) is 0. The maximum absolute atomic E-state index is 10.2. The molecule has 3 N–H and O–H groups in total. The zero-order valence-corrected chi connectivity index (χ0v) is 5.11.